The molecular weight excluding hydrogens is 588 g/mol. The maximum atomic E-state index is 13.4. The van der Waals surface area contributed by atoms with Gasteiger partial charge in [0.1, 0.15) is 11.5 Å². The highest BCUT2D eigenvalue weighted by atomic mass is 32.2. The molecule has 0 bridgehead atoms. The van der Waals surface area contributed by atoms with Gasteiger partial charge in [-0.3, -0.25) is 4.72 Å². The summed E-state index contributed by atoms with van der Waals surface area (Å²) in [5, 5.41) is 12.2. The third kappa shape index (κ3) is 7.42. The molecule has 1 heterocycles. The molecule has 1 aromatic heterocycles. The van der Waals surface area contributed by atoms with Crippen LogP contribution < -0.4 is 15.1 Å². The number of benzene rings is 3. The summed E-state index contributed by atoms with van der Waals surface area (Å²) in [6.07, 6.45) is 3.39. The van der Waals surface area contributed by atoms with Gasteiger partial charge in [-0.15, -0.1) is 0 Å². The number of hydrogen-bond donors (Lipinski definition) is 3. The predicted octanol–water partition coefficient (Wildman–Crippen LogP) is 5.73. The molecule has 3 aromatic carbocycles. The number of anilines is 1. The van der Waals surface area contributed by atoms with Gasteiger partial charge in [0.25, 0.3) is 10.0 Å². The van der Waals surface area contributed by atoms with Crippen LogP contribution in [-0.2, 0) is 20.0 Å². The maximum absolute atomic E-state index is 13.4. The molecule has 1 aliphatic carbocycles. The van der Waals surface area contributed by atoms with Crippen molar-refractivity contribution in [3.8, 4) is 5.75 Å². The molecular formula is C32H32N2O7S2. The van der Waals surface area contributed by atoms with Crippen LogP contribution in [-0.4, -0.2) is 21.9 Å². The van der Waals surface area contributed by atoms with Crippen LogP contribution in [0.4, 0.5) is 5.69 Å². The van der Waals surface area contributed by atoms with Crippen LogP contribution in [0.2, 0.25) is 0 Å². The third-order valence-corrected chi connectivity index (χ3v) is 9.74. The summed E-state index contributed by atoms with van der Waals surface area (Å²) in [6.45, 7) is 1.73. The second kappa shape index (κ2) is 12.6. The minimum Gasteiger partial charge on any atom is -0.507 e. The molecule has 4 aromatic rings. The van der Waals surface area contributed by atoms with E-state index in [4.69, 9.17) is 4.42 Å². The lowest BCUT2D eigenvalue weighted by Gasteiger charge is -2.21. The highest BCUT2D eigenvalue weighted by molar-refractivity contribution is 7.95. The highest BCUT2D eigenvalue weighted by Crippen LogP contribution is 2.48. The minimum absolute atomic E-state index is 0.00508. The van der Waals surface area contributed by atoms with E-state index in [0.29, 0.717) is 11.3 Å². The van der Waals surface area contributed by atoms with Crippen LogP contribution >= 0.6 is 0 Å². The van der Waals surface area contributed by atoms with Crippen molar-refractivity contribution in [1.29, 1.82) is 0 Å². The number of nitrogens with one attached hydrogen (secondary N) is 2. The summed E-state index contributed by atoms with van der Waals surface area (Å²) < 4.78 is 62.0. The average Bonchev–Trinajstić information content (AvgIpc) is 3.83. The average molecular weight is 621 g/mol. The lowest BCUT2D eigenvalue weighted by Crippen LogP contribution is -2.29. The first kappa shape index (κ1) is 30.3. The molecule has 224 valence electrons. The van der Waals surface area contributed by atoms with E-state index in [1.54, 1.807) is 61.5 Å². The smallest absolute Gasteiger partial charge is 0.343 e. The Morgan fingerprint density at radius 3 is 2.23 bits per heavy atom. The number of sulfonamides is 2. The Labute approximate surface area is 251 Å². The zero-order valence-corrected chi connectivity index (χ0v) is 25.0. The van der Waals surface area contributed by atoms with Crippen molar-refractivity contribution in [2.24, 2.45) is 5.92 Å². The van der Waals surface area contributed by atoms with Crippen molar-refractivity contribution in [1.82, 2.24) is 4.72 Å². The monoisotopic (exact) mass is 620 g/mol. The molecule has 0 spiro atoms. The molecule has 9 nitrogen and oxygen atoms in total. The van der Waals surface area contributed by atoms with Crippen LogP contribution in [0, 0.1) is 5.92 Å². The van der Waals surface area contributed by atoms with Gasteiger partial charge in [-0.1, -0.05) is 67.6 Å². The first-order valence-electron chi connectivity index (χ1n) is 13.9. The normalized spacial score (nSPS) is 15.3. The van der Waals surface area contributed by atoms with Gasteiger partial charge >= 0.3 is 5.63 Å². The summed E-state index contributed by atoms with van der Waals surface area (Å²) in [5.41, 5.74) is 0.959. The van der Waals surface area contributed by atoms with Crippen LogP contribution in [0.5, 0.6) is 5.75 Å². The van der Waals surface area contributed by atoms with Crippen molar-refractivity contribution >= 4 is 31.8 Å². The molecule has 11 heteroatoms. The molecule has 43 heavy (non-hydrogen) atoms. The number of rotatable bonds is 12. The molecule has 0 radical (unpaired) electrons. The van der Waals surface area contributed by atoms with Gasteiger partial charge in [0.2, 0.25) is 10.0 Å². The third-order valence-electron chi connectivity index (χ3n) is 7.24. The molecule has 0 amide bonds. The summed E-state index contributed by atoms with van der Waals surface area (Å²) in [4.78, 5) is 13.4. The quantitative estimate of drug-likeness (QED) is 0.184. The first-order valence-corrected chi connectivity index (χ1v) is 16.9. The van der Waals surface area contributed by atoms with Gasteiger partial charge in [-0.2, -0.15) is 0 Å². The molecule has 0 saturated heterocycles. The van der Waals surface area contributed by atoms with Crippen molar-refractivity contribution in [3.63, 3.8) is 0 Å². The molecule has 1 saturated carbocycles. The lowest BCUT2D eigenvalue weighted by molar-refractivity contribution is 0.373. The molecule has 5 rings (SSSR count). The standard InChI is InChI=1S/C32H32N2O7S2/c1-2-27(34-43(39,40)26-14-7-4-8-15-26)29-21-28(35)31(32(36)41-29)30(23-16-17-23)24-12-9-13-25(20-24)33-42(37,38)19-18-22-10-5-3-6-11-22/h3-15,18-21,23,27,30,33-35H,2,16-17H2,1H3. The van der Waals surface area contributed by atoms with Crippen molar-refractivity contribution in [2.45, 2.75) is 43.0 Å². The zero-order valence-electron chi connectivity index (χ0n) is 23.4. The zero-order chi connectivity index (χ0) is 30.6. The summed E-state index contributed by atoms with van der Waals surface area (Å²) in [5.74, 6) is -0.814. The molecule has 1 fully saturated rings. The van der Waals surface area contributed by atoms with E-state index in [1.165, 1.54) is 24.3 Å². The fourth-order valence-electron chi connectivity index (χ4n) is 4.99. The predicted molar refractivity (Wildman–Crippen MR) is 165 cm³/mol. The van der Waals surface area contributed by atoms with Gasteiger partial charge < -0.3 is 9.52 Å². The van der Waals surface area contributed by atoms with Crippen molar-refractivity contribution in [3.05, 3.63) is 129 Å². The van der Waals surface area contributed by atoms with E-state index >= 15 is 0 Å². The largest absolute Gasteiger partial charge is 0.507 e. The Bertz CT molecular complexity index is 1890. The van der Waals surface area contributed by atoms with Crippen LogP contribution in [0.15, 0.2) is 111 Å². The number of aromatic hydroxyl groups is 1. The SMILES string of the molecule is CCC(NS(=O)(=O)c1ccccc1)c1cc(O)c(C(c2cccc(NS(=O)(=O)C=Cc3ccccc3)c2)C2CC2)c(=O)o1. The van der Waals surface area contributed by atoms with E-state index < -0.39 is 37.6 Å². The number of hydrogen-bond acceptors (Lipinski definition) is 7. The van der Waals surface area contributed by atoms with E-state index in [0.717, 1.165) is 23.8 Å². The second-order valence-electron chi connectivity index (χ2n) is 10.4. The minimum atomic E-state index is -3.91. The Morgan fingerprint density at radius 1 is 0.930 bits per heavy atom. The fourth-order valence-corrected chi connectivity index (χ4v) is 7.16. The van der Waals surface area contributed by atoms with Gasteiger partial charge in [-0.25, -0.2) is 26.4 Å². The van der Waals surface area contributed by atoms with Crippen LogP contribution in [0.1, 0.15) is 60.6 Å². The second-order valence-corrected chi connectivity index (χ2v) is 13.7. The Hall–Kier alpha value is -4.19. The molecule has 0 aliphatic heterocycles. The van der Waals surface area contributed by atoms with Crippen LogP contribution in [0.3, 0.4) is 0 Å². The van der Waals surface area contributed by atoms with Gasteiger partial charge in [-0.05, 0) is 66.6 Å². The first-order chi connectivity index (χ1) is 20.6. The van der Waals surface area contributed by atoms with E-state index in [1.807, 2.05) is 18.2 Å². The maximum Gasteiger partial charge on any atom is 0.343 e. The Balaban J connectivity index is 1.41. The van der Waals surface area contributed by atoms with Crippen molar-refractivity contribution < 1.29 is 26.4 Å². The summed E-state index contributed by atoms with van der Waals surface area (Å²) in [6, 6.07) is 24.0. The van der Waals surface area contributed by atoms with Crippen LogP contribution in [0.25, 0.3) is 6.08 Å². The molecule has 3 N–H and O–H groups in total. The fraction of sp³-hybridized carbons (Fsp3) is 0.219. The molecule has 1 aliphatic rings. The summed E-state index contributed by atoms with van der Waals surface area (Å²) >= 11 is 0. The lowest BCUT2D eigenvalue weighted by atomic mass is 9.87. The van der Waals surface area contributed by atoms with Gasteiger partial charge in [0.15, 0.2) is 0 Å². The molecule has 2 atom stereocenters. The van der Waals surface area contributed by atoms with Gasteiger partial charge in [0, 0.05) is 17.7 Å². The van der Waals surface area contributed by atoms with E-state index in [-0.39, 0.29) is 34.3 Å². The Kier molecular flexibility index (Phi) is 8.86. The topological polar surface area (TPSA) is 143 Å². The van der Waals surface area contributed by atoms with E-state index in [2.05, 4.69) is 9.44 Å². The molecule has 2 unspecified atom stereocenters. The Morgan fingerprint density at radius 2 is 1.60 bits per heavy atom. The summed E-state index contributed by atoms with van der Waals surface area (Å²) in [7, 11) is -7.74. The van der Waals surface area contributed by atoms with Crippen molar-refractivity contribution in [2.75, 3.05) is 4.72 Å². The van der Waals surface area contributed by atoms with Gasteiger partial charge in [0.05, 0.1) is 21.9 Å². The highest BCUT2D eigenvalue weighted by Gasteiger charge is 2.38. The van der Waals surface area contributed by atoms with E-state index in [9.17, 15) is 26.7 Å².